The van der Waals surface area contributed by atoms with E-state index in [2.05, 4.69) is 28.1 Å². The van der Waals surface area contributed by atoms with Crippen LogP contribution >= 0.6 is 46.7 Å². The molecule has 2 heterocycles. The molecule has 8 heteroatoms. The fourth-order valence-corrected chi connectivity index (χ4v) is 6.80. The average molecular weight is 478 g/mol. The van der Waals surface area contributed by atoms with Crippen molar-refractivity contribution in [3.05, 3.63) is 69.8 Å². The summed E-state index contributed by atoms with van der Waals surface area (Å²) in [4.78, 5) is 12.3. The topological polar surface area (TPSA) is 46.4 Å². The van der Waals surface area contributed by atoms with Crippen molar-refractivity contribution in [2.45, 2.75) is 24.0 Å². The molecule has 1 saturated heterocycles. The fourth-order valence-electron chi connectivity index (χ4n) is 3.51. The molecule has 0 spiro atoms. The number of hydrazone groups is 1. The molecule has 0 saturated carbocycles. The standard InChI is InChI=1S/C22H21Cl2N3OS2/c1-22(29-8-9-30-22)11-21(28)26-25-12-16-14-27(20-5-3-2-4-18(16)20)13-15-6-7-17(23)10-19(15)24/h2-7,10,12,14H,8-9,11,13H2,1H3,(H,26,28)/b25-12-. The van der Waals surface area contributed by atoms with E-state index in [4.69, 9.17) is 23.2 Å². The molecule has 0 aliphatic carbocycles. The highest BCUT2D eigenvalue weighted by Gasteiger charge is 2.32. The Kier molecular flexibility index (Phi) is 6.68. The number of carbonyl (C=O) groups is 1. The van der Waals surface area contributed by atoms with Crippen LogP contribution in [0.1, 0.15) is 24.5 Å². The predicted octanol–water partition coefficient (Wildman–Crippen LogP) is 6.03. The van der Waals surface area contributed by atoms with Crippen molar-refractivity contribution < 1.29 is 4.79 Å². The van der Waals surface area contributed by atoms with Crippen LogP contribution in [0.25, 0.3) is 10.9 Å². The van der Waals surface area contributed by atoms with E-state index in [1.807, 2.05) is 60.1 Å². The Morgan fingerprint density at radius 3 is 2.77 bits per heavy atom. The van der Waals surface area contributed by atoms with Crippen LogP contribution in [0.4, 0.5) is 0 Å². The lowest BCUT2D eigenvalue weighted by Crippen LogP contribution is -2.26. The van der Waals surface area contributed by atoms with Crippen LogP contribution in [-0.4, -0.2) is 32.3 Å². The minimum Gasteiger partial charge on any atom is -0.342 e. The first kappa shape index (κ1) is 21.6. The Hall–Kier alpha value is -1.60. The Morgan fingerprint density at radius 1 is 1.23 bits per heavy atom. The lowest BCUT2D eigenvalue weighted by molar-refractivity contribution is -0.121. The Morgan fingerprint density at radius 2 is 2.00 bits per heavy atom. The van der Waals surface area contributed by atoms with Gasteiger partial charge in [-0.05, 0) is 30.7 Å². The SMILES string of the molecule is CC1(CC(=O)N/N=C\c2cn(Cc3ccc(Cl)cc3Cl)c3ccccc23)SCCS1. The number of hydrogen-bond acceptors (Lipinski definition) is 4. The van der Waals surface area contributed by atoms with Gasteiger partial charge in [0, 0.05) is 50.8 Å². The quantitative estimate of drug-likeness (QED) is 0.348. The van der Waals surface area contributed by atoms with E-state index >= 15 is 0 Å². The van der Waals surface area contributed by atoms with Gasteiger partial charge in [0.25, 0.3) is 0 Å². The van der Waals surface area contributed by atoms with Crippen molar-refractivity contribution in [1.29, 1.82) is 0 Å². The third kappa shape index (κ3) is 4.99. The number of carbonyl (C=O) groups excluding carboxylic acids is 1. The molecule has 1 aromatic heterocycles. The summed E-state index contributed by atoms with van der Waals surface area (Å²) in [5, 5.41) is 6.54. The van der Waals surface area contributed by atoms with E-state index in [1.165, 1.54) is 0 Å². The van der Waals surface area contributed by atoms with Gasteiger partial charge in [-0.3, -0.25) is 4.79 Å². The van der Waals surface area contributed by atoms with Crippen LogP contribution in [0.15, 0.2) is 53.8 Å². The zero-order valence-electron chi connectivity index (χ0n) is 16.4. The number of amides is 1. The molecule has 1 aliphatic heterocycles. The zero-order chi connectivity index (χ0) is 21.1. The first-order chi connectivity index (χ1) is 14.4. The number of benzene rings is 2. The van der Waals surface area contributed by atoms with Crippen molar-refractivity contribution in [3.8, 4) is 0 Å². The molecule has 1 aliphatic rings. The molecule has 0 unspecified atom stereocenters. The lowest BCUT2D eigenvalue weighted by Gasteiger charge is -2.19. The molecule has 0 atom stereocenters. The summed E-state index contributed by atoms with van der Waals surface area (Å²) >= 11 is 16.1. The maximum Gasteiger partial charge on any atom is 0.242 e. The van der Waals surface area contributed by atoms with Gasteiger partial charge in [0.05, 0.1) is 16.7 Å². The molecule has 3 aromatic rings. The number of rotatable bonds is 6. The summed E-state index contributed by atoms with van der Waals surface area (Å²) in [6.45, 7) is 2.73. The Bertz CT molecular complexity index is 1110. The summed E-state index contributed by atoms with van der Waals surface area (Å²) in [5.74, 6) is 2.12. The van der Waals surface area contributed by atoms with Gasteiger partial charge in [0.2, 0.25) is 5.91 Å². The van der Waals surface area contributed by atoms with Crippen LogP contribution in [0.2, 0.25) is 10.0 Å². The third-order valence-electron chi connectivity index (χ3n) is 4.95. The fraction of sp³-hybridized carbons (Fsp3) is 0.273. The maximum atomic E-state index is 12.3. The number of hydrogen-bond donors (Lipinski definition) is 1. The second-order valence-corrected chi connectivity index (χ2v) is 11.6. The van der Waals surface area contributed by atoms with Gasteiger partial charge in [-0.1, -0.05) is 47.5 Å². The summed E-state index contributed by atoms with van der Waals surface area (Å²) in [7, 11) is 0. The van der Waals surface area contributed by atoms with E-state index < -0.39 is 0 Å². The van der Waals surface area contributed by atoms with E-state index in [1.54, 1.807) is 12.3 Å². The molecule has 1 fully saturated rings. The molecular weight excluding hydrogens is 457 g/mol. The molecule has 156 valence electrons. The van der Waals surface area contributed by atoms with Crippen molar-refractivity contribution in [3.63, 3.8) is 0 Å². The van der Waals surface area contributed by atoms with Gasteiger partial charge in [-0.25, -0.2) is 5.43 Å². The van der Waals surface area contributed by atoms with Crippen LogP contribution < -0.4 is 5.43 Å². The molecule has 30 heavy (non-hydrogen) atoms. The smallest absolute Gasteiger partial charge is 0.242 e. The van der Waals surface area contributed by atoms with Crippen molar-refractivity contribution >= 4 is 69.8 Å². The second-order valence-electron chi connectivity index (χ2n) is 7.27. The number of halogens is 2. The highest BCUT2D eigenvalue weighted by molar-refractivity contribution is 8.21. The summed E-state index contributed by atoms with van der Waals surface area (Å²) < 4.78 is 2.08. The Labute approximate surface area is 194 Å². The minimum atomic E-state index is -0.0627. The number of fused-ring (bicyclic) bond motifs is 1. The normalized spacial score (nSPS) is 15.8. The number of nitrogens with one attached hydrogen (secondary N) is 1. The molecule has 4 rings (SSSR count). The summed E-state index contributed by atoms with van der Waals surface area (Å²) in [5.41, 5.74) is 5.67. The number of nitrogens with zero attached hydrogens (tertiary/aromatic N) is 2. The summed E-state index contributed by atoms with van der Waals surface area (Å²) in [6, 6.07) is 13.6. The number of thioether (sulfide) groups is 2. The maximum absolute atomic E-state index is 12.3. The lowest BCUT2D eigenvalue weighted by atomic mass is 10.2. The molecule has 1 amide bonds. The minimum absolute atomic E-state index is 0.0481. The zero-order valence-corrected chi connectivity index (χ0v) is 19.5. The predicted molar refractivity (Wildman–Crippen MR) is 131 cm³/mol. The molecule has 2 aromatic carbocycles. The van der Waals surface area contributed by atoms with Crippen LogP contribution in [-0.2, 0) is 11.3 Å². The number of para-hydroxylation sites is 1. The highest BCUT2D eigenvalue weighted by Crippen LogP contribution is 2.45. The molecule has 0 radical (unpaired) electrons. The van der Waals surface area contributed by atoms with Crippen molar-refractivity contribution in [2.75, 3.05) is 11.5 Å². The van der Waals surface area contributed by atoms with Crippen LogP contribution in [0, 0.1) is 0 Å². The monoisotopic (exact) mass is 477 g/mol. The van der Waals surface area contributed by atoms with Gasteiger partial charge in [-0.15, -0.1) is 23.5 Å². The molecule has 4 nitrogen and oxygen atoms in total. The first-order valence-corrected chi connectivity index (χ1v) is 12.3. The summed E-state index contributed by atoms with van der Waals surface area (Å²) in [6.07, 6.45) is 4.18. The van der Waals surface area contributed by atoms with Gasteiger partial charge < -0.3 is 4.57 Å². The average Bonchev–Trinajstić information content (AvgIpc) is 3.28. The van der Waals surface area contributed by atoms with E-state index in [0.29, 0.717) is 23.0 Å². The van der Waals surface area contributed by atoms with Gasteiger partial charge >= 0.3 is 0 Å². The van der Waals surface area contributed by atoms with Gasteiger partial charge in [0.1, 0.15) is 0 Å². The highest BCUT2D eigenvalue weighted by atomic mass is 35.5. The van der Waals surface area contributed by atoms with E-state index in [0.717, 1.165) is 33.5 Å². The van der Waals surface area contributed by atoms with Crippen molar-refractivity contribution in [2.24, 2.45) is 5.10 Å². The molecule has 1 N–H and O–H groups in total. The Balaban J connectivity index is 1.51. The van der Waals surface area contributed by atoms with Crippen LogP contribution in [0.3, 0.4) is 0 Å². The molecular formula is C22H21Cl2N3OS2. The largest absolute Gasteiger partial charge is 0.342 e. The second kappa shape index (κ2) is 9.27. The van der Waals surface area contributed by atoms with Crippen molar-refractivity contribution in [1.82, 2.24) is 9.99 Å². The third-order valence-corrected chi connectivity index (χ3v) is 8.83. The van der Waals surface area contributed by atoms with Crippen LogP contribution in [0.5, 0.6) is 0 Å². The van der Waals surface area contributed by atoms with Gasteiger partial charge in [-0.2, -0.15) is 5.10 Å². The molecule has 0 bridgehead atoms. The van der Waals surface area contributed by atoms with Gasteiger partial charge in [0.15, 0.2) is 0 Å². The van der Waals surface area contributed by atoms with E-state index in [9.17, 15) is 4.79 Å². The number of aromatic nitrogens is 1. The first-order valence-electron chi connectivity index (χ1n) is 9.55. The van der Waals surface area contributed by atoms with E-state index in [-0.39, 0.29) is 9.99 Å².